The molecule has 3 heterocycles. The highest BCUT2D eigenvalue weighted by Crippen LogP contribution is 2.44. The van der Waals surface area contributed by atoms with E-state index in [1.807, 2.05) is 30.6 Å². The van der Waals surface area contributed by atoms with Gasteiger partial charge in [0.15, 0.2) is 0 Å². The SMILES string of the molecule is CC(=O)N1C2CCC(C3CCC(C(=O)N4C[C@H]5CCN(C)[C@H]5C4)CC3)CC2N(C(=O)OC(C)C)C[C@@H]1C. The summed E-state index contributed by atoms with van der Waals surface area (Å²) in [5.41, 5.74) is 0. The summed E-state index contributed by atoms with van der Waals surface area (Å²) in [7, 11) is 2.20. The number of hydrogen-bond donors (Lipinski definition) is 0. The van der Waals surface area contributed by atoms with Crippen LogP contribution in [0.1, 0.15) is 79.1 Å². The molecule has 8 nitrogen and oxygen atoms in total. The molecule has 2 aliphatic carbocycles. The predicted octanol–water partition coefficient (Wildman–Crippen LogP) is 3.59. The summed E-state index contributed by atoms with van der Waals surface area (Å²) in [5.74, 6) is 2.48. The van der Waals surface area contributed by atoms with Crippen LogP contribution in [-0.4, -0.2) is 101 Å². The normalized spacial score (nSPS) is 38.5. The zero-order chi connectivity index (χ0) is 26.4. The van der Waals surface area contributed by atoms with Gasteiger partial charge in [-0.1, -0.05) is 0 Å². The molecule has 0 spiro atoms. The number of likely N-dealkylation sites (tertiary alicyclic amines) is 2. The number of nitrogens with zero attached hydrogens (tertiary/aromatic N) is 4. The molecule has 0 bridgehead atoms. The Balaban J connectivity index is 1.20. The molecular weight excluding hydrogens is 468 g/mol. The van der Waals surface area contributed by atoms with Crippen molar-refractivity contribution in [2.75, 3.05) is 33.2 Å². The molecule has 0 aromatic rings. The Morgan fingerprint density at radius 1 is 0.811 bits per heavy atom. The highest BCUT2D eigenvalue weighted by molar-refractivity contribution is 5.79. The van der Waals surface area contributed by atoms with Crippen LogP contribution in [0.4, 0.5) is 4.79 Å². The number of piperazine rings is 1. The van der Waals surface area contributed by atoms with Crippen LogP contribution >= 0.6 is 0 Å². The third-order valence-electron chi connectivity index (χ3n) is 10.4. The molecule has 0 aromatic heterocycles. The number of hydrogen-bond acceptors (Lipinski definition) is 5. The van der Waals surface area contributed by atoms with E-state index in [2.05, 4.69) is 16.8 Å². The topological polar surface area (TPSA) is 73.4 Å². The van der Waals surface area contributed by atoms with Crippen molar-refractivity contribution in [1.82, 2.24) is 19.6 Å². The average Bonchev–Trinajstić information content (AvgIpc) is 3.44. The lowest BCUT2D eigenvalue weighted by Gasteiger charge is -2.54. The first-order chi connectivity index (χ1) is 17.6. The summed E-state index contributed by atoms with van der Waals surface area (Å²) < 4.78 is 5.62. The predicted molar refractivity (Wildman–Crippen MR) is 142 cm³/mol. The molecule has 3 saturated heterocycles. The van der Waals surface area contributed by atoms with E-state index < -0.39 is 0 Å². The molecule has 5 rings (SSSR count). The number of carbonyl (C=O) groups excluding carboxylic acids is 3. The van der Waals surface area contributed by atoms with Crippen LogP contribution in [-0.2, 0) is 14.3 Å². The molecule has 0 radical (unpaired) electrons. The fourth-order valence-electron chi connectivity index (χ4n) is 8.56. The second-order valence-corrected chi connectivity index (χ2v) is 13.0. The zero-order valence-corrected chi connectivity index (χ0v) is 23.6. The van der Waals surface area contributed by atoms with Crippen LogP contribution in [0.15, 0.2) is 0 Å². The highest BCUT2D eigenvalue weighted by atomic mass is 16.6. The molecule has 3 aliphatic heterocycles. The molecule has 5 fully saturated rings. The smallest absolute Gasteiger partial charge is 0.410 e. The number of rotatable bonds is 3. The fraction of sp³-hybridized carbons (Fsp3) is 0.897. The van der Waals surface area contributed by atoms with Gasteiger partial charge < -0.3 is 24.3 Å². The molecule has 0 aromatic carbocycles. The summed E-state index contributed by atoms with van der Waals surface area (Å²) in [6, 6.07) is 0.656. The minimum absolute atomic E-state index is 0.00127. The fourth-order valence-corrected chi connectivity index (χ4v) is 8.56. The van der Waals surface area contributed by atoms with Crippen molar-refractivity contribution in [2.45, 2.75) is 109 Å². The maximum atomic E-state index is 13.4. The molecule has 0 N–H and O–H groups in total. The van der Waals surface area contributed by atoms with Crippen molar-refractivity contribution >= 4 is 17.9 Å². The van der Waals surface area contributed by atoms with Gasteiger partial charge in [0.2, 0.25) is 11.8 Å². The van der Waals surface area contributed by atoms with E-state index in [-0.39, 0.29) is 42.1 Å². The van der Waals surface area contributed by atoms with Gasteiger partial charge in [0.25, 0.3) is 0 Å². The molecule has 5 aliphatic rings. The van der Waals surface area contributed by atoms with Crippen molar-refractivity contribution in [3.63, 3.8) is 0 Å². The molecule has 6 atom stereocenters. The Morgan fingerprint density at radius 3 is 2.16 bits per heavy atom. The second-order valence-electron chi connectivity index (χ2n) is 13.0. The van der Waals surface area contributed by atoms with Gasteiger partial charge in [0.1, 0.15) is 0 Å². The third-order valence-corrected chi connectivity index (χ3v) is 10.4. The monoisotopic (exact) mass is 516 g/mol. The van der Waals surface area contributed by atoms with E-state index in [1.165, 1.54) is 13.0 Å². The van der Waals surface area contributed by atoms with Gasteiger partial charge in [-0.3, -0.25) is 9.59 Å². The minimum Gasteiger partial charge on any atom is -0.447 e. The minimum atomic E-state index is -0.240. The van der Waals surface area contributed by atoms with Gasteiger partial charge in [0, 0.05) is 44.6 Å². The van der Waals surface area contributed by atoms with Crippen LogP contribution < -0.4 is 0 Å². The Kier molecular flexibility index (Phi) is 7.77. The van der Waals surface area contributed by atoms with Gasteiger partial charge in [-0.05, 0) is 103 Å². The summed E-state index contributed by atoms with van der Waals surface area (Å²) in [6.45, 7) is 11.1. The van der Waals surface area contributed by atoms with Gasteiger partial charge in [-0.15, -0.1) is 0 Å². The van der Waals surface area contributed by atoms with Crippen molar-refractivity contribution in [3.05, 3.63) is 0 Å². The van der Waals surface area contributed by atoms with E-state index in [1.54, 1.807) is 6.92 Å². The molecule has 2 saturated carbocycles. The standard InChI is InChI=1S/C29H48N4O4/c1-18(2)37-29(36)32-15-19(3)33(20(4)34)25-11-10-23(14-26(25)32)21-6-8-22(9-7-21)28(35)31-16-24-12-13-30(5)27(24)17-31/h18-19,21-27H,6-17H2,1-5H3/t19-,21?,22?,23?,24+,25?,26?,27-/m0/s1. The Bertz CT molecular complexity index is 872. The number of likely N-dealkylation sites (N-methyl/N-ethyl adjacent to an activating group) is 1. The van der Waals surface area contributed by atoms with Crippen LogP contribution in [0.3, 0.4) is 0 Å². The van der Waals surface area contributed by atoms with E-state index in [4.69, 9.17) is 4.74 Å². The Hall–Kier alpha value is -1.83. The van der Waals surface area contributed by atoms with E-state index in [9.17, 15) is 14.4 Å². The number of carbonyl (C=O) groups is 3. The number of ether oxygens (including phenoxy) is 1. The summed E-state index contributed by atoms with van der Waals surface area (Å²) in [5, 5.41) is 0. The van der Waals surface area contributed by atoms with Crippen LogP contribution in [0.5, 0.6) is 0 Å². The van der Waals surface area contributed by atoms with Crippen molar-refractivity contribution in [1.29, 1.82) is 0 Å². The maximum Gasteiger partial charge on any atom is 0.410 e. The molecule has 208 valence electrons. The summed E-state index contributed by atoms with van der Waals surface area (Å²) in [6.07, 6.45) is 7.97. The van der Waals surface area contributed by atoms with Crippen molar-refractivity contribution < 1.29 is 19.1 Å². The van der Waals surface area contributed by atoms with Crippen LogP contribution in [0.2, 0.25) is 0 Å². The first-order valence-electron chi connectivity index (χ1n) is 14.9. The first-order valence-corrected chi connectivity index (χ1v) is 14.9. The summed E-state index contributed by atoms with van der Waals surface area (Å²) in [4.78, 5) is 47.5. The van der Waals surface area contributed by atoms with E-state index >= 15 is 0 Å². The highest BCUT2D eigenvalue weighted by Gasteiger charge is 2.49. The largest absolute Gasteiger partial charge is 0.447 e. The Labute approximate surface area is 223 Å². The average molecular weight is 517 g/mol. The third kappa shape index (κ3) is 5.24. The van der Waals surface area contributed by atoms with Gasteiger partial charge in [-0.2, -0.15) is 0 Å². The van der Waals surface area contributed by atoms with Crippen LogP contribution in [0, 0.1) is 23.7 Å². The molecular formula is C29H48N4O4. The lowest BCUT2D eigenvalue weighted by Crippen LogP contribution is -2.67. The van der Waals surface area contributed by atoms with E-state index in [0.29, 0.717) is 36.2 Å². The van der Waals surface area contributed by atoms with E-state index in [0.717, 1.165) is 58.0 Å². The lowest BCUT2D eigenvalue weighted by molar-refractivity contribution is -0.142. The molecule has 3 amide bonds. The van der Waals surface area contributed by atoms with Gasteiger partial charge in [0.05, 0.1) is 18.2 Å². The lowest BCUT2D eigenvalue weighted by atomic mass is 9.68. The molecule has 8 heteroatoms. The van der Waals surface area contributed by atoms with Gasteiger partial charge in [-0.25, -0.2) is 4.79 Å². The zero-order valence-electron chi connectivity index (χ0n) is 23.6. The van der Waals surface area contributed by atoms with Crippen molar-refractivity contribution in [2.24, 2.45) is 23.7 Å². The molecule has 3 unspecified atom stereocenters. The number of amides is 3. The first kappa shape index (κ1) is 26.8. The molecule has 37 heavy (non-hydrogen) atoms. The van der Waals surface area contributed by atoms with Crippen molar-refractivity contribution in [3.8, 4) is 0 Å². The Morgan fingerprint density at radius 2 is 1.51 bits per heavy atom. The second kappa shape index (κ2) is 10.7. The quantitative estimate of drug-likeness (QED) is 0.573. The number of fused-ring (bicyclic) bond motifs is 2. The van der Waals surface area contributed by atoms with Crippen LogP contribution in [0.25, 0.3) is 0 Å². The summed E-state index contributed by atoms with van der Waals surface area (Å²) >= 11 is 0. The maximum absolute atomic E-state index is 13.4. The van der Waals surface area contributed by atoms with Gasteiger partial charge >= 0.3 is 6.09 Å².